The van der Waals surface area contributed by atoms with Gasteiger partial charge in [0.25, 0.3) is 0 Å². The number of benzene rings is 3. The molecule has 0 unspecified atom stereocenters. The Bertz CT molecular complexity index is 1220. The third-order valence-electron chi connectivity index (χ3n) is 5.46. The van der Waals surface area contributed by atoms with Crippen molar-refractivity contribution in [2.45, 2.75) is 40.7 Å². The number of aromatic hydroxyl groups is 1. The van der Waals surface area contributed by atoms with Crippen molar-refractivity contribution in [1.29, 1.82) is 0 Å². The van der Waals surface area contributed by atoms with Gasteiger partial charge in [-0.05, 0) is 59.4 Å². The topological polar surface area (TPSA) is 93.1 Å². The molecule has 3 rings (SSSR count). The van der Waals surface area contributed by atoms with Gasteiger partial charge in [-0.3, -0.25) is 4.79 Å². The first-order valence-electron chi connectivity index (χ1n) is 11.0. The maximum atomic E-state index is 12.6. The molecule has 3 aromatic rings. The van der Waals surface area contributed by atoms with Gasteiger partial charge in [-0.2, -0.15) is 0 Å². The quantitative estimate of drug-likeness (QED) is 0.383. The second kappa shape index (κ2) is 10.00. The normalized spacial score (nSPS) is 11.2. The van der Waals surface area contributed by atoms with Crippen molar-refractivity contribution in [2.24, 2.45) is 5.41 Å². The minimum Gasteiger partial charge on any atom is -0.507 e. The molecule has 0 heterocycles. The Hall–Kier alpha value is -3.80. The third kappa shape index (κ3) is 5.76. The molecule has 0 atom stereocenters. The molecular formula is C28H30O6. The molecule has 0 bridgehead atoms. The smallest absolute Gasteiger partial charge is 0.339 e. The fourth-order valence-corrected chi connectivity index (χ4v) is 3.70. The van der Waals surface area contributed by atoms with E-state index >= 15 is 0 Å². The van der Waals surface area contributed by atoms with Crippen molar-refractivity contribution in [3.63, 3.8) is 0 Å². The Labute approximate surface area is 199 Å². The van der Waals surface area contributed by atoms with Crippen LogP contribution in [0.15, 0.2) is 54.6 Å². The molecule has 0 saturated heterocycles. The van der Waals surface area contributed by atoms with Crippen LogP contribution >= 0.6 is 0 Å². The predicted molar refractivity (Wildman–Crippen MR) is 131 cm³/mol. The van der Waals surface area contributed by atoms with Crippen LogP contribution in [0.3, 0.4) is 0 Å². The van der Waals surface area contributed by atoms with E-state index in [9.17, 15) is 19.8 Å². The number of carboxylic acid groups (broad SMARTS) is 1. The SMILES string of the molecule is COc1ccc(-c2cccc(COc3ccc(C(=O)CC(C)(C)C)c(O)c3C)c2)cc1C(=O)O. The summed E-state index contributed by atoms with van der Waals surface area (Å²) in [7, 11) is 1.44. The molecule has 3 aromatic carbocycles. The van der Waals surface area contributed by atoms with E-state index in [1.54, 1.807) is 37.3 Å². The highest BCUT2D eigenvalue weighted by Gasteiger charge is 2.21. The van der Waals surface area contributed by atoms with Gasteiger partial charge >= 0.3 is 5.97 Å². The second-order valence-electron chi connectivity index (χ2n) is 9.45. The molecule has 0 aromatic heterocycles. The predicted octanol–water partition coefficient (Wildman–Crippen LogP) is 6.27. The van der Waals surface area contributed by atoms with E-state index in [1.807, 2.05) is 45.0 Å². The highest BCUT2D eigenvalue weighted by Crippen LogP contribution is 2.34. The van der Waals surface area contributed by atoms with Crippen LogP contribution in [-0.4, -0.2) is 29.1 Å². The molecule has 0 radical (unpaired) electrons. The average molecular weight is 463 g/mol. The number of carbonyl (C=O) groups is 2. The molecule has 0 spiro atoms. The standard InChI is InChI=1S/C28H30O6/c1-17-24(12-10-21(26(17)30)23(29)15-28(2,3)4)34-16-18-7-6-8-19(13-18)20-9-11-25(33-5)22(14-20)27(31)32/h6-14,30H,15-16H2,1-5H3,(H,31,32). The van der Waals surface area contributed by atoms with Crippen molar-refractivity contribution < 1.29 is 29.3 Å². The number of phenols is 1. The third-order valence-corrected chi connectivity index (χ3v) is 5.46. The zero-order chi connectivity index (χ0) is 25.0. The number of aromatic carboxylic acids is 1. The van der Waals surface area contributed by atoms with Crippen molar-refractivity contribution in [3.8, 4) is 28.4 Å². The lowest BCUT2D eigenvalue weighted by molar-refractivity contribution is 0.0693. The van der Waals surface area contributed by atoms with Gasteiger partial charge in [0.05, 0.1) is 12.7 Å². The summed E-state index contributed by atoms with van der Waals surface area (Å²) in [6, 6.07) is 15.9. The summed E-state index contributed by atoms with van der Waals surface area (Å²) in [5.74, 6) is -0.423. The van der Waals surface area contributed by atoms with Crippen molar-refractivity contribution in [2.75, 3.05) is 7.11 Å². The number of methoxy groups -OCH3 is 1. The van der Waals surface area contributed by atoms with Crippen LogP contribution in [0, 0.1) is 12.3 Å². The largest absolute Gasteiger partial charge is 0.507 e. The number of rotatable bonds is 8. The van der Waals surface area contributed by atoms with Crippen LogP contribution < -0.4 is 9.47 Å². The first kappa shape index (κ1) is 24.8. The summed E-state index contributed by atoms with van der Waals surface area (Å²) < 4.78 is 11.1. The van der Waals surface area contributed by atoms with Crippen LogP contribution in [-0.2, 0) is 6.61 Å². The van der Waals surface area contributed by atoms with E-state index < -0.39 is 5.97 Å². The molecule has 178 valence electrons. The summed E-state index contributed by atoms with van der Waals surface area (Å²) in [5, 5.41) is 20.0. The maximum Gasteiger partial charge on any atom is 0.339 e. The summed E-state index contributed by atoms with van der Waals surface area (Å²) in [4.78, 5) is 24.1. The lowest BCUT2D eigenvalue weighted by Gasteiger charge is -2.18. The molecule has 0 aliphatic rings. The lowest BCUT2D eigenvalue weighted by Crippen LogP contribution is -2.13. The van der Waals surface area contributed by atoms with Gasteiger partial charge in [-0.25, -0.2) is 4.79 Å². The van der Waals surface area contributed by atoms with Crippen LogP contribution in [0.2, 0.25) is 0 Å². The monoisotopic (exact) mass is 462 g/mol. The highest BCUT2D eigenvalue weighted by atomic mass is 16.5. The molecule has 2 N–H and O–H groups in total. The first-order chi connectivity index (χ1) is 16.0. The van der Waals surface area contributed by atoms with Gasteiger partial charge in [0, 0.05) is 12.0 Å². The summed E-state index contributed by atoms with van der Waals surface area (Å²) in [5.41, 5.74) is 3.19. The molecule has 6 heteroatoms. The van der Waals surface area contributed by atoms with Crippen molar-refractivity contribution >= 4 is 11.8 Å². The second-order valence-corrected chi connectivity index (χ2v) is 9.45. The number of carbonyl (C=O) groups excluding carboxylic acids is 1. The first-order valence-corrected chi connectivity index (χ1v) is 11.0. The zero-order valence-electron chi connectivity index (χ0n) is 20.1. The lowest BCUT2D eigenvalue weighted by atomic mass is 9.87. The Morgan fingerprint density at radius 1 is 0.912 bits per heavy atom. The summed E-state index contributed by atoms with van der Waals surface area (Å²) in [6.45, 7) is 7.91. The van der Waals surface area contributed by atoms with Gasteiger partial charge in [-0.15, -0.1) is 0 Å². The minimum atomic E-state index is -1.06. The summed E-state index contributed by atoms with van der Waals surface area (Å²) >= 11 is 0. The minimum absolute atomic E-state index is 0.0556. The van der Waals surface area contributed by atoms with E-state index in [0.717, 1.165) is 16.7 Å². The van der Waals surface area contributed by atoms with Crippen LogP contribution in [0.25, 0.3) is 11.1 Å². The van der Waals surface area contributed by atoms with Gasteiger partial charge in [0.1, 0.15) is 29.4 Å². The molecule has 34 heavy (non-hydrogen) atoms. The van der Waals surface area contributed by atoms with E-state index in [0.29, 0.717) is 29.0 Å². The highest BCUT2D eigenvalue weighted by molar-refractivity contribution is 5.99. The maximum absolute atomic E-state index is 12.6. The number of hydrogen-bond acceptors (Lipinski definition) is 5. The number of ether oxygens (including phenoxy) is 2. The fourth-order valence-electron chi connectivity index (χ4n) is 3.70. The molecular weight excluding hydrogens is 432 g/mol. The molecule has 0 amide bonds. The van der Waals surface area contributed by atoms with Crippen LogP contribution in [0.4, 0.5) is 0 Å². The molecule has 0 fully saturated rings. The Morgan fingerprint density at radius 3 is 2.24 bits per heavy atom. The van der Waals surface area contributed by atoms with Crippen LogP contribution in [0.5, 0.6) is 17.2 Å². The summed E-state index contributed by atoms with van der Waals surface area (Å²) in [6.07, 6.45) is 0.335. The van der Waals surface area contributed by atoms with Gasteiger partial charge in [0.2, 0.25) is 0 Å². The van der Waals surface area contributed by atoms with Gasteiger partial charge in [0.15, 0.2) is 5.78 Å². The number of ketones is 1. The molecule has 0 saturated carbocycles. The Kier molecular flexibility index (Phi) is 7.30. The van der Waals surface area contributed by atoms with Gasteiger partial charge < -0.3 is 19.7 Å². The molecule has 0 aliphatic carbocycles. The number of Topliss-reactive ketones (excluding diaryl/α,β-unsaturated/α-hetero) is 1. The van der Waals surface area contributed by atoms with E-state index in [1.165, 1.54) is 7.11 Å². The van der Waals surface area contributed by atoms with E-state index in [4.69, 9.17) is 9.47 Å². The zero-order valence-corrected chi connectivity index (χ0v) is 20.1. The number of carboxylic acids is 1. The Morgan fingerprint density at radius 2 is 1.59 bits per heavy atom. The van der Waals surface area contributed by atoms with E-state index in [2.05, 4.69) is 0 Å². The van der Waals surface area contributed by atoms with Crippen LogP contribution in [0.1, 0.15) is 59.0 Å². The van der Waals surface area contributed by atoms with E-state index in [-0.39, 0.29) is 29.1 Å². The Balaban J connectivity index is 1.79. The molecule has 0 aliphatic heterocycles. The number of hydrogen-bond donors (Lipinski definition) is 2. The average Bonchev–Trinajstić information content (AvgIpc) is 2.78. The van der Waals surface area contributed by atoms with Gasteiger partial charge in [-0.1, -0.05) is 45.0 Å². The number of phenolic OH excluding ortho intramolecular Hbond substituents is 1. The molecule has 6 nitrogen and oxygen atoms in total. The van der Waals surface area contributed by atoms with Crippen molar-refractivity contribution in [3.05, 3.63) is 76.9 Å². The van der Waals surface area contributed by atoms with Crippen molar-refractivity contribution in [1.82, 2.24) is 0 Å². The fraction of sp³-hybridized carbons (Fsp3) is 0.286.